The maximum Gasteiger partial charge on any atom is 0.155 e. The Balaban J connectivity index is 2.76. The minimum atomic E-state index is 0.808. The molecule has 0 unspecified atom stereocenters. The molecular formula is C8H7N3. The van der Waals surface area contributed by atoms with Gasteiger partial charge in [-0.25, -0.2) is 4.98 Å². The summed E-state index contributed by atoms with van der Waals surface area (Å²) in [6.45, 7) is 3.63. The third-order valence-corrected chi connectivity index (χ3v) is 1.53. The number of nitrogens with zero attached hydrogens (tertiary/aromatic N) is 2. The van der Waals surface area contributed by atoms with Crippen LogP contribution in [-0.2, 0) is 0 Å². The highest BCUT2D eigenvalue weighted by Crippen LogP contribution is 2.08. The third-order valence-electron chi connectivity index (χ3n) is 1.53. The lowest BCUT2D eigenvalue weighted by Crippen LogP contribution is -1.80. The standard InChI is InChI=1S/C8H7N3/c1-2-7-4-3-6-5-9-11-8(6)10-7/h2-5H,1H2,(H,9,10,11). The molecular weight excluding hydrogens is 138 g/mol. The molecule has 0 spiro atoms. The number of H-pyrrole nitrogens is 1. The summed E-state index contributed by atoms with van der Waals surface area (Å²) in [5.41, 5.74) is 1.67. The Hall–Kier alpha value is -1.64. The second-order valence-corrected chi connectivity index (χ2v) is 2.25. The van der Waals surface area contributed by atoms with Crippen molar-refractivity contribution in [1.82, 2.24) is 15.2 Å². The molecule has 2 heterocycles. The van der Waals surface area contributed by atoms with Crippen LogP contribution >= 0.6 is 0 Å². The summed E-state index contributed by atoms with van der Waals surface area (Å²) in [5, 5.41) is 7.66. The molecule has 0 amide bonds. The molecule has 1 N–H and O–H groups in total. The number of aromatic nitrogens is 3. The van der Waals surface area contributed by atoms with E-state index in [9.17, 15) is 0 Å². The fourth-order valence-corrected chi connectivity index (χ4v) is 0.955. The van der Waals surface area contributed by atoms with Crippen LogP contribution in [0.3, 0.4) is 0 Å². The Bertz CT molecular complexity index is 389. The van der Waals surface area contributed by atoms with Crippen molar-refractivity contribution in [3.05, 3.63) is 30.6 Å². The lowest BCUT2D eigenvalue weighted by atomic mass is 10.3. The van der Waals surface area contributed by atoms with Gasteiger partial charge in [0.15, 0.2) is 5.65 Å². The summed E-state index contributed by atoms with van der Waals surface area (Å²) in [6.07, 6.45) is 3.45. The zero-order valence-electron chi connectivity index (χ0n) is 5.91. The van der Waals surface area contributed by atoms with Crippen LogP contribution < -0.4 is 0 Å². The molecule has 0 aliphatic rings. The topological polar surface area (TPSA) is 41.6 Å². The van der Waals surface area contributed by atoms with Crippen LogP contribution in [-0.4, -0.2) is 15.2 Å². The average Bonchev–Trinajstić information content (AvgIpc) is 2.50. The normalized spacial score (nSPS) is 10.2. The summed E-state index contributed by atoms with van der Waals surface area (Å²) in [6, 6.07) is 3.87. The maximum absolute atomic E-state index is 4.22. The largest absolute Gasteiger partial charge is 0.261 e. The number of nitrogens with one attached hydrogen (secondary N) is 1. The van der Waals surface area contributed by atoms with E-state index in [-0.39, 0.29) is 0 Å². The van der Waals surface area contributed by atoms with Crippen molar-refractivity contribution in [2.45, 2.75) is 0 Å². The highest BCUT2D eigenvalue weighted by Gasteiger charge is 1.95. The van der Waals surface area contributed by atoms with E-state index in [1.165, 1.54) is 0 Å². The number of hydrogen-bond donors (Lipinski definition) is 1. The molecule has 54 valence electrons. The molecule has 3 heteroatoms. The Morgan fingerprint density at radius 3 is 3.18 bits per heavy atom. The maximum atomic E-state index is 4.22. The predicted molar refractivity (Wildman–Crippen MR) is 44.0 cm³/mol. The van der Waals surface area contributed by atoms with E-state index in [1.54, 1.807) is 12.3 Å². The summed E-state index contributed by atoms with van der Waals surface area (Å²) >= 11 is 0. The van der Waals surface area contributed by atoms with Crippen molar-refractivity contribution in [3.63, 3.8) is 0 Å². The number of rotatable bonds is 1. The van der Waals surface area contributed by atoms with Crippen LogP contribution in [0.2, 0.25) is 0 Å². The molecule has 0 atom stereocenters. The monoisotopic (exact) mass is 145 g/mol. The van der Waals surface area contributed by atoms with Gasteiger partial charge in [-0.05, 0) is 18.2 Å². The van der Waals surface area contributed by atoms with Gasteiger partial charge in [-0.2, -0.15) is 5.10 Å². The smallest absolute Gasteiger partial charge is 0.155 e. The van der Waals surface area contributed by atoms with E-state index < -0.39 is 0 Å². The van der Waals surface area contributed by atoms with Gasteiger partial charge in [0, 0.05) is 5.39 Å². The molecule has 2 aromatic heterocycles. The van der Waals surface area contributed by atoms with Gasteiger partial charge in [0.2, 0.25) is 0 Å². The summed E-state index contributed by atoms with van der Waals surface area (Å²) in [5.74, 6) is 0. The Morgan fingerprint density at radius 1 is 1.45 bits per heavy atom. The average molecular weight is 145 g/mol. The molecule has 0 fully saturated rings. The third kappa shape index (κ3) is 0.902. The van der Waals surface area contributed by atoms with Gasteiger partial charge in [0.25, 0.3) is 0 Å². The number of fused-ring (bicyclic) bond motifs is 1. The van der Waals surface area contributed by atoms with Gasteiger partial charge in [0.1, 0.15) is 0 Å². The first-order valence-corrected chi connectivity index (χ1v) is 3.33. The molecule has 2 aromatic rings. The Morgan fingerprint density at radius 2 is 2.36 bits per heavy atom. The van der Waals surface area contributed by atoms with Crippen LogP contribution in [0.1, 0.15) is 5.69 Å². The minimum Gasteiger partial charge on any atom is -0.261 e. The quantitative estimate of drug-likeness (QED) is 0.662. The van der Waals surface area contributed by atoms with Crippen LogP contribution in [0.15, 0.2) is 24.9 Å². The van der Waals surface area contributed by atoms with Gasteiger partial charge < -0.3 is 0 Å². The summed E-state index contributed by atoms with van der Waals surface area (Å²) < 4.78 is 0. The van der Waals surface area contributed by atoms with E-state index in [0.29, 0.717) is 0 Å². The van der Waals surface area contributed by atoms with Crippen molar-refractivity contribution in [2.24, 2.45) is 0 Å². The van der Waals surface area contributed by atoms with E-state index in [1.807, 2.05) is 12.1 Å². The lowest BCUT2D eigenvalue weighted by molar-refractivity contribution is 1.10. The van der Waals surface area contributed by atoms with Gasteiger partial charge in [-0.3, -0.25) is 5.10 Å². The van der Waals surface area contributed by atoms with Crippen LogP contribution in [0.5, 0.6) is 0 Å². The first-order valence-electron chi connectivity index (χ1n) is 3.33. The molecule has 0 aliphatic heterocycles. The van der Waals surface area contributed by atoms with Gasteiger partial charge in [0.05, 0.1) is 11.9 Å². The molecule has 0 bridgehead atoms. The molecule has 0 radical (unpaired) electrons. The Labute approximate surface area is 63.8 Å². The molecule has 0 aromatic carbocycles. The lowest BCUT2D eigenvalue weighted by Gasteiger charge is -1.89. The van der Waals surface area contributed by atoms with Crippen molar-refractivity contribution in [2.75, 3.05) is 0 Å². The second kappa shape index (κ2) is 2.20. The molecule has 3 nitrogen and oxygen atoms in total. The van der Waals surface area contributed by atoms with Gasteiger partial charge in [-0.1, -0.05) is 6.58 Å². The first kappa shape index (κ1) is 6.09. The van der Waals surface area contributed by atoms with Crippen molar-refractivity contribution < 1.29 is 0 Å². The zero-order chi connectivity index (χ0) is 7.68. The zero-order valence-corrected chi connectivity index (χ0v) is 5.91. The number of pyridine rings is 1. The minimum absolute atomic E-state index is 0.808. The van der Waals surface area contributed by atoms with Gasteiger partial charge in [-0.15, -0.1) is 0 Å². The highest BCUT2D eigenvalue weighted by atomic mass is 15.1. The van der Waals surface area contributed by atoms with Crippen molar-refractivity contribution in [1.29, 1.82) is 0 Å². The van der Waals surface area contributed by atoms with Crippen LogP contribution in [0.4, 0.5) is 0 Å². The Kier molecular flexibility index (Phi) is 1.22. The van der Waals surface area contributed by atoms with E-state index in [2.05, 4.69) is 21.8 Å². The van der Waals surface area contributed by atoms with Crippen LogP contribution in [0, 0.1) is 0 Å². The van der Waals surface area contributed by atoms with E-state index in [4.69, 9.17) is 0 Å². The van der Waals surface area contributed by atoms with Crippen LogP contribution in [0.25, 0.3) is 17.1 Å². The number of aromatic amines is 1. The SMILES string of the molecule is C=Cc1ccc2cn[nH]c2n1. The molecule has 11 heavy (non-hydrogen) atoms. The van der Waals surface area contributed by atoms with E-state index >= 15 is 0 Å². The summed E-state index contributed by atoms with van der Waals surface area (Å²) in [4.78, 5) is 4.22. The first-order chi connectivity index (χ1) is 5.40. The molecule has 0 saturated carbocycles. The number of hydrogen-bond acceptors (Lipinski definition) is 2. The molecule has 0 saturated heterocycles. The second-order valence-electron chi connectivity index (χ2n) is 2.25. The fraction of sp³-hybridized carbons (Fsp3) is 0. The summed E-state index contributed by atoms with van der Waals surface area (Å²) in [7, 11) is 0. The fourth-order valence-electron chi connectivity index (χ4n) is 0.955. The van der Waals surface area contributed by atoms with Gasteiger partial charge >= 0.3 is 0 Å². The molecule has 2 rings (SSSR count). The van der Waals surface area contributed by atoms with Crippen molar-refractivity contribution >= 4 is 17.1 Å². The highest BCUT2D eigenvalue weighted by molar-refractivity contribution is 5.74. The molecule has 0 aliphatic carbocycles. The van der Waals surface area contributed by atoms with Crippen molar-refractivity contribution in [3.8, 4) is 0 Å². The van der Waals surface area contributed by atoms with E-state index in [0.717, 1.165) is 16.7 Å². The predicted octanol–water partition coefficient (Wildman–Crippen LogP) is 1.60.